The first-order valence-electron chi connectivity index (χ1n) is 8.79. The van der Waals surface area contributed by atoms with Crippen LogP contribution in [-0.4, -0.2) is 50.7 Å². The summed E-state index contributed by atoms with van der Waals surface area (Å²) in [5.41, 5.74) is 12.0. The van der Waals surface area contributed by atoms with Gasteiger partial charge in [0.2, 0.25) is 16.0 Å². The molecule has 5 N–H and O–H groups in total. The molecule has 1 aliphatic rings. The zero-order chi connectivity index (χ0) is 20.8. The number of rotatable bonds is 4. The summed E-state index contributed by atoms with van der Waals surface area (Å²) in [4.78, 5) is 25.7. The van der Waals surface area contributed by atoms with Crippen molar-refractivity contribution >= 4 is 38.6 Å². The van der Waals surface area contributed by atoms with Gasteiger partial charge in [0.25, 0.3) is 5.69 Å². The SMILES string of the molecule is Nc1nc(N)c2[nH]c(C3CCN(S(=O)(=O)c4cccc([N+](=O)[O-])c4)CC3)nc2n1. The molecule has 0 radical (unpaired) electrons. The number of nitrogen functional groups attached to an aromatic ring is 2. The van der Waals surface area contributed by atoms with E-state index in [0.29, 0.717) is 29.8 Å². The molecule has 4 rings (SSSR count). The number of sulfonamides is 1. The number of fused-ring (bicyclic) bond motifs is 1. The van der Waals surface area contributed by atoms with E-state index in [0.717, 1.165) is 6.07 Å². The van der Waals surface area contributed by atoms with Crippen LogP contribution in [0.5, 0.6) is 0 Å². The van der Waals surface area contributed by atoms with E-state index in [4.69, 9.17) is 11.5 Å². The number of hydrogen-bond acceptors (Lipinski definition) is 9. The van der Waals surface area contributed by atoms with Gasteiger partial charge in [0.15, 0.2) is 11.5 Å². The maximum atomic E-state index is 12.9. The Morgan fingerprint density at radius 2 is 1.90 bits per heavy atom. The lowest BCUT2D eigenvalue weighted by Gasteiger charge is -2.30. The lowest BCUT2D eigenvalue weighted by atomic mass is 9.97. The Bertz CT molecular complexity index is 1200. The summed E-state index contributed by atoms with van der Waals surface area (Å²) >= 11 is 0. The molecule has 29 heavy (non-hydrogen) atoms. The fourth-order valence-corrected chi connectivity index (χ4v) is 4.93. The minimum Gasteiger partial charge on any atom is -0.382 e. The van der Waals surface area contributed by atoms with Gasteiger partial charge in [-0.3, -0.25) is 10.1 Å². The van der Waals surface area contributed by atoms with Crippen LogP contribution in [0.1, 0.15) is 24.6 Å². The largest absolute Gasteiger partial charge is 0.382 e. The average molecular weight is 418 g/mol. The molecule has 1 saturated heterocycles. The monoisotopic (exact) mass is 418 g/mol. The number of aromatic amines is 1. The van der Waals surface area contributed by atoms with Crippen molar-refractivity contribution in [1.29, 1.82) is 0 Å². The summed E-state index contributed by atoms with van der Waals surface area (Å²) in [6, 6.07) is 5.06. The van der Waals surface area contributed by atoms with Gasteiger partial charge in [-0.1, -0.05) is 6.07 Å². The summed E-state index contributed by atoms with van der Waals surface area (Å²) in [7, 11) is -3.82. The number of hydrogen-bond donors (Lipinski definition) is 3. The average Bonchev–Trinajstić information content (AvgIpc) is 3.12. The molecule has 0 spiro atoms. The lowest BCUT2D eigenvalue weighted by Crippen LogP contribution is -2.38. The van der Waals surface area contributed by atoms with Crippen molar-refractivity contribution in [3.63, 3.8) is 0 Å². The zero-order valence-corrected chi connectivity index (χ0v) is 16.0. The highest BCUT2D eigenvalue weighted by Gasteiger charge is 2.32. The predicted octanol–water partition coefficient (Wildman–Crippen LogP) is 0.994. The topological polar surface area (TPSA) is 187 Å². The summed E-state index contributed by atoms with van der Waals surface area (Å²) < 4.78 is 27.0. The van der Waals surface area contributed by atoms with Crippen LogP contribution in [0, 0.1) is 10.1 Å². The van der Waals surface area contributed by atoms with E-state index in [-0.39, 0.29) is 41.4 Å². The van der Waals surface area contributed by atoms with E-state index >= 15 is 0 Å². The van der Waals surface area contributed by atoms with Crippen LogP contribution in [0.3, 0.4) is 0 Å². The van der Waals surface area contributed by atoms with Gasteiger partial charge < -0.3 is 16.5 Å². The Hall–Kier alpha value is -3.32. The van der Waals surface area contributed by atoms with Crippen LogP contribution in [0.4, 0.5) is 17.5 Å². The van der Waals surface area contributed by atoms with Crippen LogP contribution >= 0.6 is 0 Å². The van der Waals surface area contributed by atoms with Crippen molar-refractivity contribution in [1.82, 2.24) is 24.2 Å². The molecule has 0 saturated carbocycles. The number of nitro benzene ring substituents is 1. The second-order valence-electron chi connectivity index (χ2n) is 6.72. The molecule has 0 amide bonds. The maximum absolute atomic E-state index is 12.9. The normalized spacial score (nSPS) is 16.3. The molecular formula is C16H18N8O4S. The van der Waals surface area contributed by atoms with Gasteiger partial charge in [-0.05, 0) is 18.9 Å². The Labute approximate surface area is 165 Å². The van der Waals surface area contributed by atoms with Gasteiger partial charge in [-0.2, -0.15) is 14.3 Å². The van der Waals surface area contributed by atoms with Crippen LogP contribution in [0.25, 0.3) is 11.2 Å². The first-order valence-corrected chi connectivity index (χ1v) is 10.2. The predicted molar refractivity (Wildman–Crippen MR) is 104 cm³/mol. The number of benzene rings is 1. The highest BCUT2D eigenvalue weighted by Crippen LogP contribution is 2.31. The maximum Gasteiger partial charge on any atom is 0.270 e. The third-order valence-electron chi connectivity index (χ3n) is 4.92. The zero-order valence-electron chi connectivity index (χ0n) is 15.1. The molecule has 0 aliphatic carbocycles. The first kappa shape index (κ1) is 19.0. The van der Waals surface area contributed by atoms with Gasteiger partial charge in [0, 0.05) is 31.1 Å². The fraction of sp³-hybridized carbons (Fsp3) is 0.312. The Kier molecular flexibility index (Phi) is 4.55. The van der Waals surface area contributed by atoms with Gasteiger partial charge in [-0.25, -0.2) is 13.4 Å². The quantitative estimate of drug-likeness (QED) is 0.410. The van der Waals surface area contributed by atoms with Crippen molar-refractivity contribution < 1.29 is 13.3 Å². The number of nitrogens with one attached hydrogen (secondary N) is 1. The van der Waals surface area contributed by atoms with Crippen molar-refractivity contribution in [2.24, 2.45) is 0 Å². The molecule has 1 aliphatic heterocycles. The van der Waals surface area contributed by atoms with Crippen LogP contribution in [-0.2, 0) is 10.0 Å². The Morgan fingerprint density at radius 3 is 2.59 bits per heavy atom. The summed E-state index contributed by atoms with van der Waals surface area (Å²) in [5.74, 6) is 0.878. The molecule has 152 valence electrons. The number of anilines is 2. The van der Waals surface area contributed by atoms with Gasteiger partial charge >= 0.3 is 0 Å². The van der Waals surface area contributed by atoms with E-state index in [1.165, 1.54) is 22.5 Å². The summed E-state index contributed by atoms with van der Waals surface area (Å²) in [6.45, 7) is 0.520. The Balaban J connectivity index is 1.53. The van der Waals surface area contributed by atoms with E-state index in [1.54, 1.807) is 0 Å². The number of nitrogens with two attached hydrogens (primary N) is 2. The molecule has 3 heterocycles. The molecule has 0 bridgehead atoms. The lowest BCUT2D eigenvalue weighted by molar-refractivity contribution is -0.385. The molecule has 1 fully saturated rings. The molecular weight excluding hydrogens is 400 g/mol. The second-order valence-corrected chi connectivity index (χ2v) is 8.66. The van der Waals surface area contributed by atoms with Crippen molar-refractivity contribution in [2.45, 2.75) is 23.7 Å². The number of aromatic nitrogens is 4. The van der Waals surface area contributed by atoms with E-state index in [1.807, 2.05) is 0 Å². The van der Waals surface area contributed by atoms with Crippen LogP contribution < -0.4 is 11.5 Å². The minimum atomic E-state index is -3.82. The van der Waals surface area contributed by atoms with Crippen LogP contribution in [0.15, 0.2) is 29.2 Å². The van der Waals surface area contributed by atoms with Crippen molar-refractivity contribution in [3.05, 3.63) is 40.2 Å². The highest BCUT2D eigenvalue weighted by atomic mass is 32.2. The number of nitrogens with zero attached hydrogens (tertiary/aromatic N) is 5. The third-order valence-corrected chi connectivity index (χ3v) is 6.82. The van der Waals surface area contributed by atoms with Crippen LogP contribution in [0.2, 0.25) is 0 Å². The molecule has 0 unspecified atom stereocenters. The fourth-order valence-electron chi connectivity index (χ4n) is 3.42. The number of non-ortho nitro benzene ring substituents is 1. The number of H-pyrrole nitrogens is 1. The molecule has 13 heteroatoms. The summed E-state index contributed by atoms with van der Waals surface area (Å²) in [6.07, 6.45) is 1.05. The van der Waals surface area contributed by atoms with Gasteiger partial charge in [-0.15, -0.1) is 0 Å². The standard InChI is InChI=1S/C16H18N8O4S/c17-13-12-15(22-16(18)20-13)21-14(19-12)9-4-6-23(7-5-9)29(27,28)11-3-1-2-10(8-11)24(25)26/h1-3,8-9H,4-7H2,(H5,17,18,19,20,21,22). The smallest absolute Gasteiger partial charge is 0.270 e. The van der Waals surface area contributed by atoms with Gasteiger partial charge in [0.05, 0.1) is 9.82 Å². The molecule has 0 atom stereocenters. The highest BCUT2D eigenvalue weighted by molar-refractivity contribution is 7.89. The van der Waals surface area contributed by atoms with Gasteiger partial charge in [0.1, 0.15) is 11.3 Å². The second kappa shape index (κ2) is 6.93. The molecule has 3 aromatic rings. The number of imidazole rings is 1. The molecule has 2 aromatic heterocycles. The number of piperidine rings is 1. The minimum absolute atomic E-state index is 0.0126. The van der Waals surface area contributed by atoms with E-state index in [2.05, 4.69) is 19.9 Å². The first-order chi connectivity index (χ1) is 13.8. The summed E-state index contributed by atoms with van der Waals surface area (Å²) in [5, 5.41) is 10.9. The third kappa shape index (κ3) is 3.45. The Morgan fingerprint density at radius 1 is 1.17 bits per heavy atom. The van der Waals surface area contributed by atoms with Crippen molar-refractivity contribution in [3.8, 4) is 0 Å². The van der Waals surface area contributed by atoms with Crippen molar-refractivity contribution in [2.75, 3.05) is 24.6 Å². The van der Waals surface area contributed by atoms with E-state index < -0.39 is 14.9 Å². The molecule has 12 nitrogen and oxygen atoms in total. The molecule has 1 aromatic carbocycles. The number of nitro groups is 1. The van der Waals surface area contributed by atoms with E-state index in [9.17, 15) is 18.5 Å².